The quantitative estimate of drug-likeness (QED) is 0.830. The first-order chi connectivity index (χ1) is 9.38. The summed E-state index contributed by atoms with van der Waals surface area (Å²) in [6, 6.07) is 5.15. The van der Waals surface area contributed by atoms with E-state index in [4.69, 9.17) is 5.73 Å². The molecule has 0 fully saturated rings. The third-order valence-electron chi connectivity index (χ3n) is 2.77. The van der Waals surface area contributed by atoms with Crippen LogP contribution in [-0.2, 0) is 0 Å². The molecule has 104 valence electrons. The van der Waals surface area contributed by atoms with Gasteiger partial charge in [-0.25, -0.2) is 13.2 Å². The Labute approximate surface area is 113 Å². The number of nitrogen functional groups attached to an aromatic ring is 1. The zero-order valence-electron chi connectivity index (χ0n) is 10.5. The minimum atomic E-state index is -0.995. The predicted molar refractivity (Wildman–Crippen MR) is 69.9 cm³/mol. The molecule has 0 aliphatic heterocycles. The number of rotatable bonds is 2. The average molecular weight is 280 g/mol. The maximum atomic E-state index is 13.6. The SMILES string of the molecule is Cc1ccc(F)cc1C(=O)Nc1c(N)cc(F)cc1F. The third kappa shape index (κ3) is 2.74. The predicted octanol–water partition coefficient (Wildman–Crippen LogP) is 3.25. The number of carbonyl (C=O) groups is 1. The van der Waals surface area contributed by atoms with Gasteiger partial charge in [0, 0.05) is 11.6 Å². The van der Waals surface area contributed by atoms with Crippen LogP contribution in [0.15, 0.2) is 30.3 Å². The number of hydrogen-bond donors (Lipinski definition) is 2. The second-order valence-corrected chi connectivity index (χ2v) is 4.27. The van der Waals surface area contributed by atoms with Crippen molar-refractivity contribution >= 4 is 17.3 Å². The summed E-state index contributed by atoms with van der Waals surface area (Å²) in [7, 11) is 0. The van der Waals surface area contributed by atoms with E-state index in [9.17, 15) is 18.0 Å². The summed E-state index contributed by atoms with van der Waals surface area (Å²) in [6.45, 7) is 1.61. The normalized spacial score (nSPS) is 10.4. The Kier molecular flexibility index (Phi) is 3.65. The van der Waals surface area contributed by atoms with Gasteiger partial charge >= 0.3 is 0 Å². The summed E-state index contributed by atoms with van der Waals surface area (Å²) in [4.78, 5) is 12.0. The molecule has 0 atom stereocenters. The van der Waals surface area contributed by atoms with E-state index in [0.717, 1.165) is 12.1 Å². The zero-order chi connectivity index (χ0) is 14.9. The smallest absolute Gasteiger partial charge is 0.256 e. The second kappa shape index (κ2) is 5.24. The number of nitrogens with two attached hydrogens (primary N) is 1. The highest BCUT2D eigenvalue weighted by molar-refractivity contribution is 6.06. The largest absolute Gasteiger partial charge is 0.397 e. The van der Waals surface area contributed by atoms with Gasteiger partial charge < -0.3 is 11.1 Å². The molecule has 3 N–H and O–H groups in total. The molecule has 0 heterocycles. The average Bonchev–Trinajstić information content (AvgIpc) is 2.36. The minimum absolute atomic E-state index is 0.0492. The van der Waals surface area contributed by atoms with Crippen molar-refractivity contribution in [2.75, 3.05) is 11.1 Å². The van der Waals surface area contributed by atoms with Gasteiger partial charge in [0.1, 0.15) is 17.3 Å². The molecule has 2 rings (SSSR count). The van der Waals surface area contributed by atoms with E-state index in [1.54, 1.807) is 6.92 Å². The van der Waals surface area contributed by atoms with Crippen molar-refractivity contribution in [1.29, 1.82) is 0 Å². The molecule has 20 heavy (non-hydrogen) atoms. The van der Waals surface area contributed by atoms with E-state index in [1.165, 1.54) is 12.1 Å². The lowest BCUT2D eigenvalue weighted by molar-refractivity contribution is 0.102. The number of amides is 1. The van der Waals surface area contributed by atoms with Gasteiger partial charge in [0.05, 0.1) is 5.69 Å². The Morgan fingerprint density at radius 1 is 1.10 bits per heavy atom. The van der Waals surface area contributed by atoms with Crippen molar-refractivity contribution in [3.05, 3.63) is 58.9 Å². The molecule has 6 heteroatoms. The second-order valence-electron chi connectivity index (χ2n) is 4.27. The first kappa shape index (κ1) is 13.9. The number of hydrogen-bond acceptors (Lipinski definition) is 2. The van der Waals surface area contributed by atoms with Gasteiger partial charge in [-0.15, -0.1) is 0 Å². The van der Waals surface area contributed by atoms with Crippen LogP contribution in [0.25, 0.3) is 0 Å². The monoisotopic (exact) mass is 280 g/mol. The molecule has 2 aromatic rings. The Morgan fingerprint density at radius 3 is 2.45 bits per heavy atom. The maximum Gasteiger partial charge on any atom is 0.256 e. The van der Waals surface area contributed by atoms with Crippen molar-refractivity contribution in [3.63, 3.8) is 0 Å². The Balaban J connectivity index is 2.35. The zero-order valence-corrected chi connectivity index (χ0v) is 10.5. The molecule has 0 saturated heterocycles. The highest BCUT2D eigenvalue weighted by Gasteiger charge is 2.15. The van der Waals surface area contributed by atoms with E-state index in [0.29, 0.717) is 11.6 Å². The molecular weight excluding hydrogens is 269 g/mol. The van der Waals surface area contributed by atoms with E-state index >= 15 is 0 Å². The fourth-order valence-corrected chi connectivity index (χ4v) is 1.75. The van der Waals surface area contributed by atoms with Crippen molar-refractivity contribution in [2.45, 2.75) is 6.92 Å². The van der Waals surface area contributed by atoms with Gasteiger partial charge in [-0.05, 0) is 30.7 Å². The van der Waals surface area contributed by atoms with E-state index < -0.39 is 23.4 Å². The van der Waals surface area contributed by atoms with Gasteiger partial charge in [-0.3, -0.25) is 4.79 Å². The third-order valence-corrected chi connectivity index (χ3v) is 2.77. The van der Waals surface area contributed by atoms with Crippen molar-refractivity contribution in [1.82, 2.24) is 0 Å². The first-order valence-electron chi connectivity index (χ1n) is 5.70. The highest BCUT2D eigenvalue weighted by atomic mass is 19.1. The lowest BCUT2D eigenvalue weighted by Gasteiger charge is -2.11. The van der Waals surface area contributed by atoms with Crippen LogP contribution in [0.3, 0.4) is 0 Å². The molecular formula is C14H11F3N2O. The summed E-state index contributed by atoms with van der Waals surface area (Å²) >= 11 is 0. The molecule has 0 radical (unpaired) electrons. The number of benzene rings is 2. The Morgan fingerprint density at radius 2 is 1.80 bits per heavy atom. The first-order valence-corrected chi connectivity index (χ1v) is 5.70. The van der Waals surface area contributed by atoms with Gasteiger partial charge in [-0.1, -0.05) is 6.07 Å². The number of halogens is 3. The summed E-state index contributed by atoms with van der Waals surface area (Å²) in [5, 5.41) is 2.22. The standard InChI is InChI=1S/C14H11F3N2O/c1-7-2-3-8(15)4-10(7)14(20)19-13-11(17)5-9(16)6-12(13)18/h2-6H,18H2,1H3,(H,19,20). The lowest BCUT2D eigenvalue weighted by Crippen LogP contribution is -2.16. The molecule has 0 unspecified atom stereocenters. The topological polar surface area (TPSA) is 55.1 Å². The van der Waals surface area contributed by atoms with Crippen LogP contribution in [0, 0.1) is 24.4 Å². The highest BCUT2D eigenvalue weighted by Crippen LogP contribution is 2.25. The Hall–Kier alpha value is -2.50. The summed E-state index contributed by atoms with van der Waals surface area (Å²) in [5.41, 5.74) is 5.44. The molecule has 0 aliphatic carbocycles. The number of anilines is 2. The van der Waals surface area contributed by atoms with Crippen LogP contribution >= 0.6 is 0 Å². The van der Waals surface area contributed by atoms with Crippen LogP contribution < -0.4 is 11.1 Å². The summed E-state index contributed by atoms with van der Waals surface area (Å²) in [5.74, 6) is -3.16. The maximum absolute atomic E-state index is 13.6. The molecule has 1 amide bonds. The van der Waals surface area contributed by atoms with Crippen LogP contribution in [0.5, 0.6) is 0 Å². The molecule has 3 nitrogen and oxygen atoms in total. The van der Waals surface area contributed by atoms with Gasteiger partial charge in [0.15, 0.2) is 5.82 Å². The van der Waals surface area contributed by atoms with Gasteiger partial charge in [0.25, 0.3) is 5.91 Å². The number of aryl methyl sites for hydroxylation is 1. The number of carbonyl (C=O) groups excluding carboxylic acids is 1. The molecule has 0 aliphatic rings. The van der Waals surface area contributed by atoms with Crippen LogP contribution in [0.4, 0.5) is 24.5 Å². The van der Waals surface area contributed by atoms with Crippen molar-refractivity contribution in [3.8, 4) is 0 Å². The van der Waals surface area contributed by atoms with Crippen LogP contribution in [-0.4, -0.2) is 5.91 Å². The Bertz CT molecular complexity index is 663. The van der Waals surface area contributed by atoms with E-state index in [1.807, 2.05) is 0 Å². The van der Waals surface area contributed by atoms with E-state index in [2.05, 4.69) is 5.32 Å². The molecule has 0 saturated carbocycles. The molecule has 0 spiro atoms. The molecule has 0 aromatic heterocycles. The number of nitrogens with one attached hydrogen (secondary N) is 1. The minimum Gasteiger partial charge on any atom is -0.397 e. The fraction of sp³-hybridized carbons (Fsp3) is 0.0714. The van der Waals surface area contributed by atoms with E-state index in [-0.39, 0.29) is 16.9 Å². The summed E-state index contributed by atoms with van der Waals surface area (Å²) in [6.07, 6.45) is 0. The molecule has 2 aromatic carbocycles. The van der Waals surface area contributed by atoms with Crippen molar-refractivity contribution in [2.24, 2.45) is 0 Å². The fourth-order valence-electron chi connectivity index (χ4n) is 1.75. The van der Waals surface area contributed by atoms with Gasteiger partial charge in [0.2, 0.25) is 0 Å². The molecule has 0 bridgehead atoms. The van der Waals surface area contributed by atoms with Crippen molar-refractivity contribution < 1.29 is 18.0 Å². The van der Waals surface area contributed by atoms with Crippen LogP contribution in [0.2, 0.25) is 0 Å². The van der Waals surface area contributed by atoms with Crippen LogP contribution in [0.1, 0.15) is 15.9 Å². The van der Waals surface area contributed by atoms with Gasteiger partial charge in [-0.2, -0.15) is 0 Å². The lowest BCUT2D eigenvalue weighted by atomic mass is 10.1. The summed E-state index contributed by atoms with van der Waals surface area (Å²) < 4.78 is 39.6.